The highest BCUT2D eigenvalue weighted by atomic mass is 19.3. The number of halogens is 2. The van der Waals surface area contributed by atoms with Crippen LogP contribution in [-0.4, -0.2) is 23.3 Å². The largest absolute Gasteiger partial charge is 0.464 e. The molecule has 0 aromatic heterocycles. The zero-order valence-corrected chi connectivity index (χ0v) is 5.14. The highest BCUT2D eigenvalue weighted by Gasteiger charge is 2.06. The molecule has 0 atom stereocenters. The maximum absolute atomic E-state index is 11.5. The zero-order chi connectivity index (χ0) is 8.15. The maximum atomic E-state index is 11.5. The predicted molar refractivity (Wildman–Crippen MR) is 30.3 cm³/mol. The van der Waals surface area contributed by atoms with E-state index in [-0.39, 0.29) is 0 Å². The molecule has 58 valence electrons. The van der Waals surface area contributed by atoms with E-state index in [1.165, 1.54) is 5.43 Å². The van der Waals surface area contributed by atoms with Crippen LogP contribution in [-0.2, 0) is 0 Å². The molecule has 0 aromatic carbocycles. The predicted octanol–water partition coefficient (Wildman–Crippen LogP) is 0.895. The maximum Gasteiger partial charge on any atom is 0.425 e. The molecule has 2 N–H and O–H groups in total. The molecule has 0 rings (SSSR count). The standard InChI is InChI=1S/C4H6F2N2O2/c1-2(3(5)6)7-8-4(9)10/h3,8H,1H3,(H,9,10). The third-order valence-electron chi connectivity index (χ3n) is 0.644. The Morgan fingerprint density at radius 1 is 1.70 bits per heavy atom. The summed E-state index contributed by atoms with van der Waals surface area (Å²) in [7, 11) is 0. The molecule has 6 heteroatoms. The molecule has 0 heterocycles. The van der Waals surface area contributed by atoms with E-state index in [1.807, 2.05) is 0 Å². The Kier molecular flexibility index (Phi) is 3.30. The van der Waals surface area contributed by atoms with Gasteiger partial charge in [0, 0.05) is 0 Å². The first-order chi connectivity index (χ1) is 4.54. The Morgan fingerprint density at radius 2 is 2.20 bits per heavy atom. The summed E-state index contributed by atoms with van der Waals surface area (Å²) >= 11 is 0. The van der Waals surface area contributed by atoms with Crippen molar-refractivity contribution in [1.29, 1.82) is 0 Å². The van der Waals surface area contributed by atoms with Gasteiger partial charge in [-0.05, 0) is 6.92 Å². The second kappa shape index (κ2) is 3.76. The summed E-state index contributed by atoms with van der Waals surface area (Å²) in [6.45, 7) is 1.03. The molecule has 0 aliphatic carbocycles. The minimum Gasteiger partial charge on any atom is -0.464 e. The van der Waals surface area contributed by atoms with E-state index in [4.69, 9.17) is 5.11 Å². The molecule has 0 aromatic rings. The monoisotopic (exact) mass is 152 g/mol. The number of hydrazone groups is 1. The lowest BCUT2D eigenvalue weighted by molar-refractivity contribution is 0.194. The van der Waals surface area contributed by atoms with Crippen molar-refractivity contribution in [2.24, 2.45) is 5.10 Å². The highest BCUT2D eigenvalue weighted by Crippen LogP contribution is 1.93. The molecule has 0 saturated heterocycles. The van der Waals surface area contributed by atoms with Crippen LogP contribution >= 0.6 is 0 Å². The van der Waals surface area contributed by atoms with Gasteiger partial charge in [0.05, 0.1) is 0 Å². The van der Waals surface area contributed by atoms with Crippen LogP contribution in [0.5, 0.6) is 0 Å². The summed E-state index contributed by atoms with van der Waals surface area (Å²) in [4.78, 5) is 9.66. The van der Waals surface area contributed by atoms with Gasteiger partial charge >= 0.3 is 6.09 Å². The van der Waals surface area contributed by atoms with Gasteiger partial charge in [-0.1, -0.05) is 0 Å². The highest BCUT2D eigenvalue weighted by molar-refractivity contribution is 5.85. The molecule has 0 bridgehead atoms. The van der Waals surface area contributed by atoms with Crippen LogP contribution in [0.25, 0.3) is 0 Å². The molecule has 0 aliphatic rings. The molecule has 0 unspecified atom stereocenters. The quantitative estimate of drug-likeness (QED) is 0.456. The number of carbonyl (C=O) groups is 1. The molecular formula is C4H6F2N2O2. The number of rotatable bonds is 2. The van der Waals surface area contributed by atoms with Gasteiger partial charge < -0.3 is 5.11 Å². The second-order valence-corrected chi connectivity index (χ2v) is 1.47. The number of hydrogen-bond donors (Lipinski definition) is 2. The topological polar surface area (TPSA) is 61.7 Å². The van der Waals surface area contributed by atoms with Crippen molar-refractivity contribution in [3.8, 4) is 0 Å². The minimum absolute atomic E-state index is 0.553. The fourth-order valence-corrected chi connectivity index (χ4v) is 0.185. The summed E-state index contributed by atoms with van der Waals surface area (Å²) in [5, 5.41) is 10.7. The second-order valence-electron chi connectivity index (χ2n) is 1.47. The lowest BCUT2D eigenvalue weighted by atomic mass is 10.5. The fourth-order valence-electron chi connectivity index (χ4n) is 0.185. The molecule has 4 nitrogen and oxygen atoms in total. The number of alkyl halides is 2. The minimum atomic E-state index is -2.72. The van der Waals surface area contributed by atoms with E-state index in [1.54, 1.807) is 0 Å². The van der Waals surface area contributed by atoms with Crippen molar-refractivity contribution in [3.63, 3.8) is 0 Å². The molecule has 0 saturated carbocycles. The van der Waals surface area contributed by atoms with E-state index >= 15 is 0 Å². The van der Waals surface area contributed by atoms with Gasteiger partial charge in [0.25, 0.3) is 6.43 Å². The van der Waals surface area contributed by atoms with Crippen LogP contribution in [0.1, 0.15) is 6.92 Å². The van der Waals surface area contributed by atoms with Crippen LogP contribution in [0.2, 0.25) is 0 Å². The molecule has 1 amide bonds. The van der Waals surface area contributed by atoms with Gasteiger partial charge in [0.2, 0.25) is 0 Å². The Morgan fingerprint density at radius 3 is 2.50 bits per heavy atom. The third-order valence-corrected chi connectivity index (χ3v) is 0.644. The summed E-state index contributed by atoms with van der Waals surface area (Å²) in [6.07, 6.45) is -4.17. The van der Waals surface area contributed by atoms with Crippen LogP contribution in [0.15, 0.2) is 5.10 Å². The van der Waals surface area contributed by atoms with Crippen LogP contribution < -0.4 is 5.43 Å². The Balaban J connectivity index is 3.80. The lowest BCUT2D eigenvalue weighted by Crippen LogP contribution is -2.18. The van der Waals surface area contributed by atoms with Gasteiger partial charge in [-0.2, -0.15) is 5.10 Å². The first-order valence-corrected chi connectivity index (χ1v) is 2.35. The van der Waals surface area contributed by atoms with Crippen LogP contribution in [0.3, 0.4) is 0 Å². The van der Waals surface area contributed by atoms with Crippen molar-refractivity contribution in [3.05, 3.63) is 0 Å². The Labute approximate surface area is 55.5 Å². The molecule has 0 radical (unpaired) electrons. The summed E-state index contributed by atoms with van der Waals surface area (Å²) in [5.74, 6) is 0. The number of nitrogens with one attached hydrogen (secondary N) is 1. The third kappa shape index (κ3) is 3.76. The van der Waals surface area contributed by atoms with Crippen LogP contribution in [0.4, 0.5) is 13.6 Å². The molecule has 10 heavy (non-hydrogen) atoms. The zero-order valence-electron chi connectivity index (χ0n) is 5.14. The van der Waals surface area contributed by atoms with Crippen LogP contribution in [0, 0.1) is 0 Å². The van der Waals surface area contributed by atoms with Gasteiger partial charge in [-0.25, -0.2) is 19.0 Å². The normalized spacial score (nSPS) is 11.8. The van der Waals surface area contributed by atoms with E-state index in [0.717, 1.165) is 6.92 Å². The van der Waals surface area contributed by atoms with E-state index < -0.39 is 18.2 Å². The van der Waals surface area contributed by atoms with Crippen molar-refractivity contribution in [2.45, 2.75) is 13.3 Å². The van der Waals surface area contributed by atoms with Gasteiger partial charge in [0.1, 0.15) is 5.71 Å². The van der Waals surface area contributed by atoms with Crippen molar-refractivity contribution in [2.75, 3.05) is 0 Å². The smallest absolute Gasteiger partial charge is 0.425 e. The van der Waals surface area contributed by atoms with E-state index in [9.17, 15) is 13.6 Å². The van der Waals surface area contributed by atoms with Gasteiger partial charge in [-0.15, -0.1) is 0 Å². The number of hydrogen-bond acceptors (Lipinski definition) is 2. The van der Waals surface area contributed by atoms with Crippen molar-refractivity contribution in [1.82, 2.24) is 5.43 Å². The number of amides is 1. The average Bonchev–Trinajstić information content (AvgIpc) is 1.82. The first-order valence-electron chi connectivity index (χ1n) is 2.35. The van der Waals surface area contributed by atoms with Gasteiger partial charge in [-0.3, -0.25) is 0 Å². The van der Waals surface area contributed by atoms with Crippen molar-refractivity contribution < 1.29 is 18.7 Å². The number of nitrogens with zero attached hydrogens (tertiary/aromatic N) is 1. The molecule has 0 spiro atoms. The SMILES string of the molecule is CC(=NNC(=O)O)C(F)F. The Hall–Kier alpha value is -1.20. The summed E-state index contributed by atoms with van der Waals surface area (Å²) in [5.41, 5.74) is 0.898. The first kappa shape index (κ1) is 8.80. The Bertz CT molecular complexity index is 157. The van der Waals surface area contributed by atoms with E-state index in [0.29, 0.717) is 0 Å². The van der Waals surface area contributed by atoms with Crippen molar-refractivity contribution >= 4 is 11.8 Å². The average molecular weight is 152 g/mol. The molecule has 0 fully saturated rings. The lowest BCUT2D eigenvalue weighted by Gasteiger charge is -1.95. The fraction of sp³-hybridized carbons (Fsp3) is 0.500. The number of carboxylic acid groups (broad SMARTS) is 1. The summed E-state index contributed by atoms with van der Waals surface area (Å²) < 4.78 is 23.0. The molecule has 0 aliphatic heterocycles. The molecular weight excluding hydrogens is 146 g/mol. The summed E-state index contributed by atoms with van der Waals surface area (Å²) in [6, 6.07) is 0. The van der Waals surface area contributed by atoms with Gasteiger partial charge in [0.15, 0.2) is 0 Å². The van der Waals surface area contributed by atoms with E-state index in [2.05, 4.69) is 5.10 Å².